The number of esters is 1. The quantitative estimate of drug-likeness (QED) is 0.262. The molecule has 0 amide bonds. The monoisotopic (exact) mass is 500 g/mol. The van der Waals surface area contributed by atoms with E-state index in [0.717, 1.165) is 23.3 Å². The Morgan fingerprint density at radius 1 is 1.32 bits per heavy atom. The Kier molecular flexibility index (Phi) is 7.49. The van der Waals surface area contributed by atoms with E-state index in [9.17, 15) is 18.3 Å². The van der Waals surface area contributed by atoms with Crippen molar-refractivity contribution in [3.8, 4) is 5.75 Å². The van der Waals surface area contributed by atoms with Crippen LogP contribution >= 0.6 is 34.9 Å². The number of aromatic hydroxyl groups is 1. The fourth-order valence-electron chi connectivity index (χ4n) is 2.43. The van der Waals surface area contributed by atoms with E-state index in [4.69, 9.17) is 16.3 Å². The van der Waals surface area contributed by atoms with Gasteiger partial charge in [-0.1, -0.05) is 11.6 Å². The first-order valence-corrected chi connectivity index (χ1v) is 12.4. The summed E-state index contributed by atoms with van der Waals surface area (Å²) >= 11 is 8.18. The van der Waals surface area contributed by atoms with E-state index in [1.54, 1.807) is 13.0 Å². The first kappa shape index (κ1) is 23.4. The van der Waals surface area contributed by atoms with Crippen LogP contribution in [0.4, 0.5) is 10.7 Å². The molecule has 0 radical (unpaired) electrons. The largest absolute Gasteiger partial charge is 0.506 e. The Bertz CT molecular complexity index is 1260. The molecule has 0 bridgehead atoms. The van der Waals surface area contributed by atoms with Crippen molar-refractivity contribution in [3.63, 3.8) is 0 Å². The van der Waals surface area contributed by atoms with E-state index < -0.39 is 16.0 Å². The van der Waals surface area contributed by atoms with Gasteiger partial charge in [0.2, 0.25) is 10.0 Å². The number of ether oxygens (including phenoxy) is 1. The van der Waals surface area contributed by atoms with Crippen LogP contribution in [0.3, 0.4) is 0 Å². The molecule has 3 rings (SSSR count). The Labute approximate surface area is 191 Å². The van der Waals surface area contributed by atoms with Crippen LogP contribution in [0.5, 0.6) is 5.75 Å². The van der Waals surface area contributed by atoms with Crippen molar-refractivity contribution in [1.29, 1.82) is 0 Å². The number of carbonyl (C=O) groups is 1. The molecule has 0 aliphatic heterocycles. The van der Waals surface area contributed by atoms with Crippen molar-refractivity contribution in [2.24, 2.45) is 10.2 Å². The number of benzene rings is 2. The SMILES string of the molecule is CCOC(=O)CSc1cc(O)c(Cl)cc1/N=N/c1snc2ccc(S(=O)(=O)NC)cc12. The molecular formula is C18H17ClN4O5S3. The minimum Gasteiger partial charge on any atom is -0.506 e. The molecule has 0 aliphatic carbocycles. The Hall–Kier alpha value is -2.25. The fraction of sp³-hybridized carbons (Fsp3) is 0.222. The number of rotatable bonds is 8. The second kappa shape index (κ2) is 9.92. The zero-order valence-electron chi connectivity index (χ0n) is 16.3. The second-order valence-corrected chi connectivity index (χ2v) is 10.0. The molecule has 0 atom stereocenters. The third-order valence-corrected chi connectivity index (χ3v) is 7.43. The molecular weight excluding hydrogens is 484 g/mol. The molecule has 0 aliphatic rings. The number of halogens is 1. The zero-order chi connectivity index (χ0) is 22.6. The van der Waals surface area contributed by atoms with E-state index in [0.29, 0.717) is 26.5 Å². The standard InChI is InChI=1S/C18H17ClN4O5S3/c1-3-28-17(25)9-29-16-8-15(24)12(19)7-14(16)21-22-18-11-6-10(31(26,27)20-2)4-5-13(11)23-30-18/h4-8,20,24H,3,9H2,1-2H3/b22-21+. The number of sulfonamides is 1. The number of hydrogen-bond acceptors (Lipinski definition) is 10. The van der Waals surface area contributed by atoms with Gasteiger partial charge in [0.15, 0.2) is 5.00 Å². The third-order valence-electron chi connectivity index (χ3n) is 3.94. The van der Waals surface area contributed by atoms with Gasteiger partial charge in [-0.05, 0) is 55.8 Å². The molecule has 31 heavy (non-hydrogen) atoms. The molecule has 3 aromatic rings. The minimum absolute atomic E-state index is 0.0200. The summed E-state index contributed by atoms with van der Waals surface area (Å²) in [5.74, 6) is -0.541. The van der Waals surface area contributed by atoms with E-state index >= 15 is 0 Å². The summed E-state index contributed by atoms with van der Waals surface area (Å²) in [5, 5.41) is 19.3. The first-order chi connectivity index (χ1) is 14.7. The lowest BCUT2D eigenvalue weighted by Crippen LogP contribution is -2.18. The van der Waals surface area contributed by atoms with Crippen LogP contribution in [-0.4, -0.2) is 43.3 Å². The summed E-state index contributed by atoms with van der Waals surface area (Å²) in [6, 6.07) is 7.34. The first-order valence-electron chi connectivity index (χ1n) is 8.80. The van der Waals surface area contributed by atoms with E-state index in [1.807, 2.05) is 0 Å². The predicted molar refractivity (Wildman–Crippen MR) is 121 cm³/mol. The van der Waals surface area contributed by atoms with Crippen molar-refractivity contribution in [1.82, 2.24) is 9.10 Å². The van der Waals surface area contributed by atoms with E-state index in [1.165, 1.54) is 31.3 Å². The van der Waals surface area contributed by atoms with E-state index in [2.05, 4.69) is 19.3 Å². The highest BCUT2D eigenvalue weighted by atomic mass is 35.5. The third kappa shape index (κ3) is 5.52. The van der Waals surface area contributed by atoms with Crippen molar-refractivity contribution in [3.05, 3.63) is 35.4 Å². The molecule has 1 aromatic heterocycles. The molecule has 0 saturated carbocycles. The number of hydrogen-bond donors (Lipinski definition) is 2. The summed E-state index contributed by atoms with van der Waals surface area (Å²) in [7, 11) is -2.30. The highest BCUT2D eigenvalue weighted by Crippen LogP contribution is 2.40. The van der Waals surface area contributed by atoms with Gasteiger partial charge >= 0.3 is 5.97 Å². The number of phenolic OH excluding ortho intramolecular Hbond substituents is 1. The molecule has 0 fully saturated rings. The molecule has 164 valence electrons. The lowest BCUT2D eigenvalue weighted by Gasteiger charge is -2.07. The van der Waals surface area contributed by atoms with Crippen LogP contribution in [0, 0.1) is 0 Å². The van der Waals surface area contributed by atoms with Crippen LogP contribution in [0.25, 0.3) is 10.9 Å². The number of aromatic nitrogens is 1. The normalized spacial score (nSPS) is 12.0. The summed E-state index contributed by atoms with van der Waals surface area (Å²) in [5.41, 5.74) is 0.910. The number of phenols is 1. The average molecular weight is 501 g/mol. The van der Waals surface area contributed by atoms with Crippen LogP contribution in [0.2, 0.25) is 5.02 Å². The maximum atomic E-state index is 12.1. The summed E-state index contributed by atoms with van der Waals surface area (Å²) < 4.78 is 35.6. The van der Waals surface area contributed by atoms with Crippen LogP contribution in [0.1, 0.15) is 6.92 Å². The number of thioether (sulfide) groups is 1. The summed E-state index contributed by atoms with van der Waals surface area (Å²) in [6.45, 7) is 1.98. The lowest BCUT2D eigenvalue weighted by atomic mass is 10.2. The Balaban J connectivity index is 1.95. The van der Waals surface area contributed by atoms with Crippen molar-refractivity contribution in [2.75, 3.05) is 19.4 Å². The van der Waals surface area contributed by atoms with Gasteiger partial charge in [-0.2, -0.15) is 4.37 Å². The van der Waals surface area contributed by atoms with Crippen molar-refractivity contribution < 1.29 is 23.1 Å². The molecule has 13 heteroatoms. The van der Waals surface area contributed by atoms with Gasteiger partial charge in [0.25, 0.3) is 0 Å². The van der Waals surface area contributed by atoms with Gasteiger partial charge in [-0.15, -0.1) is 22.0 Å². The van der Waals surface area contributed by atoms with Gasteiger partial charge in [0, 0.05) is 10.3 Å². The number of nitrogens with zero attached hydrogens (tertiary/aromatic N) is 3. The number of azo groups is 1. The topological polar surface area (TPSA) is 130 Å². The molecule has 9 nitrogen and oxygen atoms in total. The maximum absolute atomic E-state index is 12.1. The number of nitrogens with one attached hydrogen (secondary N) is 1. The summed E-state index contributed by atoms with van der Waals surface area (Å²) in [6.07, 6.45) is 0. The fourth-order valence-corrected chi connectivity index (χ4v) is 4.83. The van der Waals surface area contributed by atoms with Crippen LogP contribution in [0.15, 0.2) is 50.4 Å². The van der Waals surface area contributed by atoms with Gasteiger partial charge < -0.3 is 9.84 Å². The molecule has 2 N–H and O–H groups in total. The Morgan fingerprint density at radius 2 is 2.10 bits per heavy atom. The van der Waals surface area contributed by atoms with Crippen LogP contribution < -0.4 is 4.72 Å². The van der Waals surface area contributed by atoms with Gasteiger partial charge in [-0.3, -0.25) is 4.79 Å². The number of fused-ring (bicyclic) bond motifs is 1. The van der Waals surface area contributed by atoms with Gasteiger partial charge in [0.05, 0.1) is 27.8 Å². The Morgan fingerprint density at radius 3 is 2.81 bits per heavy atom. The van der Waals surface area contributed by atoms with Gasteiger partial charge in [-0.25, -0.2) is 13.1 Å². The number of carbonyl (C=O) groups excluding carboxylic acids is 1. The maximum Gasteiger partial charge on any atom is 0.316 e. The molecule has 0 unspecified atom stereocenters. The molecule has 0 spiro atoms. The second-order valence-electron chi connectivity index (χ2n) is 5.94. The predicted octanol–water partition coefficient (Wildman–Crippen LogP) is 4.63. The highest BCUT2D eigenvalue weighted by molar-refractivity contribution is 8.00. The average Bonchev–Trinajstić information content (AvgIpc) is 3.15. The lowest BCUT2D eigenvalue weighted by molar-refractivity contribution is -0.139. The highest BCUT2D eigenvalue weighted by Gasteiger charge is 2.16. The molecule has 2 aromatic carbocycles. The van der Waals surface area contributed by atoms with Crippen LogP contribution in [-0.2, 0) is 19.6 Å². The van der Waals surface area contributed by atoms with Crippen molar-refractivity contribution in [2.45, 2.75) is 16.7 Å². The minimum atomic E-state index is -3.63. The summed E-state index contributed by atoms with van der Waals surface area (Å²) in [4.78, 5) is 12.2. The zero-order valence-corrected chi connectivity index (χ0v) is 19.5. The van der Waals surface area contributed by atoms with Crippen molar-refractivity contribution >= 4 is 72.5 Å². The van der Waals surface area contributed by atoms with E-state index in [-0.39, 0.29) is 28.0 Å². The molecule has 1 heterocycles. The smallest absolute Gasteiger partial charge is 0.316 e. The van der Waals surface area contributed by atoms with Gasteiger partial charge in [0.1, 0.15) is 11.4 Å². The molecule has 0 saturated heterocycles.